The molecule has 6 atom stereocenters. The molecule has 0 aliphatic carbocycles. The van der Waals surface area contributed by atoms with Crippen LogP contribution in [0.3, 0.4) is 0 Å². The summed E-state index contributed by atoms with van der Waals surface area (Å²) in [5.74, 6) is -2.16. The van der Waals surface area contributed by atoms with Crippen molar-refractivity contribution in [2.45, 2.75) is 43.5 Å². The van der Waals surface area contributed by atoms with Crippen molar-refractivity contribution in [1.29, 1.82) is 0 Å². The molecule has 158 valence electrons. The highest BCUT2D eigenvalue weighted by Gasteiger charge is 2.40. The fourth-order valence-electron chi connectivity index (χ4n) is 1.90. The Kier molecular flexibility index (Phi) is 14.1. The Labute approximate surface area is 180 Å². The largest absolute Gasteiger partial charge is 0.506 e. The van der Waals surface area contributed by atoms with E-state index in [2.05, 4.69) is 60.0 Å². The van der Waals surface area contributed by atoms with Gasteiger partial charge in [-0.05, 0) is 51.7 Å². The van der Waals surface area contributed by atoms with Crippen molar-refractivity contribution in [3.63, 3.8) is 0 Å². The zero-order valence-corrected chi connectivity index (χ0v) is 17.9. The molecule has 0 fully saturated rings. The monoisotopic (exact) mass is 466 g/mol. The van der Waals surface area contributed by atoms with Crippen LogP contribution < -0.4 is 0 Å². The second-order valence-electron chi connectivity index (χ2n) is 5.20. The molecule has 0 saturated carbocycles. The van der Waals surface area contributed by atoms with Crippen molar-refractivity contribution in [1.82, 2.24) is 0 Å². The molecular formula is C12H23BO10S4. The summed E-state index contributed by atoms with van der Waals surface area (Å²) in [5, 5.41) is 50.0. The average Bonchev–Trinajstić information content (AvgIpc) is 2.66. The summed E-state index contributed by atoms with van der Waals surface area (Å²) in [7, 11) is 1.28. The Morgan fingerprint density at radius 2 is 1.63 bits per heavy atom. The van der Waals surface area contributed by atoms with Gasteiger partial charge in [-0.25, -0.2) is 0 Å². The quantitative estimate of drug-likeness (QED) is 0.0568. The zero-order chi connectivity index (χ0) is 21.1. The van der Waals surface area contributed by atoms with E-state index in [-0.39, 0.29) is 0 Å². The van der Waals surface area contributed by atoms with Crippen LogP contribution in [-0.2, 0) is 21.4 Å². The van der Waals surface area contributed by atoms with Crippen molar-refractivity contribution in [2.75, 3.05) is 6.61 Å². The molecule has 0 aromatic carbocycles. The Balaban J connectivity index is 5.83. The second kappa shape index (κ2) is 14.1. The minimum absolute atomic E-state index is 0.473. The van der Waals surface area contributed by atoms with Gasteiger partial charge < -0.3 is 46.9 Å². The molecule has 0 bridgehead atoms. The van der Waals surface area contributed by atoms with Gasteiger partial charge in [-0.2, -0.15) is 0 Å². The lowest BCUT2D eigenvalue weighted by Gasteiger charge is -2.31. The van der Waals surface area contributed by atoms with Gasteiger partial charge in [0.15, 0.2) is 17.6 Å². The van der Waals surface area contributed by atoms with E-state index in [1.807, 2.05) is 0 Å². The van der Waals surface area contributed by atoms with E-state index in [4.69, 9.17) is 18.1 Å². The van der Waals surface area contributed by atoms with E-state index in [0.717, 1.165) is 6.08 Å². The molecule has 0 aliphatic heterocycles. The third kappa shape index (κ3) is 7.77. The van der Waals surface area contributed by atoms with Crippen molar-refractivity contribution < 1.29 is 46.9 Å². The number of aliphatic hydroxyl groups excluding tert-OH is 5. The van der Waals surface area contributed by atoms with Crippen LogP contribution in [0.15, 0.2) is 23.4 Å². The van der Waals surface area contributed by atoms with Crippen LogP contribution in [0, 0.1) is 0 Å². The molecule has 0 radical (unpaired) electrons. The third-order valence-electron chi connectivity index (χ3n) is 3.52. The van der Waals surface area contributed by atoms with Gasteiger partial charge in [0.05, 0.1) is 18.8 Å². The normalized spacial score (nSPS) is 20.2. The molecule has 0 heterocycles. The van der Waals surface area contributed by atoms with Gasteiger partial charge in [-0.3, -0.25) is 0 Å². The first-order chi connectivity index (χ1) is 12.7. The van der Waals surface area contributed by atoms with E-state index in [0.29, 0.717) is 0 Å². The molecule has 0 saturated heterocycles. The second-order valence-corrected chi connectivity index (χ2v) is 6.02. The summed E-state index contributed by atoms with van der Waals surface area (Å²) in [6.45, 7) is 0.965. The Morgan fingerprint density at radius 1 is 1.04 bits per heavy atom. The number of rotatable bonds is 13. The lowest BCUT2D eigenvalue weighted by atomic mass is 9.98. The molecule has 0 spiro atoms. The maximum absolute atomic E-state index is 10.4. The number of aliphatic hydroxyl groups is 5. The number of hydrogen-bond acceptors (Lipinski definition) is 14. The molecule has 0 aromatic heterocycles. The van der Waals surface area contributed by atoms with Crippen LogP contribution >= 0.6 is 51.6 Å². The molecule has 5 N–H and O–H groups in total. The standard InChI is InChI=1S/C12H23BO10S4/c1-4(20-24)7(16)11(22-26)9(18)12(23-27)8(17)10(21-25)6(15)2-5(3-14)19-13/h2,4-5,7,9,11-12,14-18,24-27H,3,13H2,1H3/b6-2+,10-8-. The van der Waals surface area contributed by atoms with E-state index in [1.54, 1.807) is 0 Å². The van der Waals surface area contributed by atoms with Crippen LogP contribution in [0.25, 0.3) is 0 Å². The van der Waals surface area contributed by atoms with Gasteiger partial charge in [-0.1, -0.05) is 0 Å². The predicted octanol–water partition coefficient (Wildman–Crippen LogP) is -0.583. The van der Waals surface area contributed by atoms with E-state index >= 15 is 0 Å². The first-order valence-corrected chi connectivity index (χ1v) is 8.76. The molecule has 0 aliphatic rings. The first-order valence-electron chi connectivity index (χ1n) is 7.29. The highest BCUT2D eigenvalue weighted by atomic mass is 32.1. The highest BCUT2D eigenvalue weighted by Crippen LogP contribution is 2.26. The summed E-state index contributed by atoms with van der Waals surface area (Å²) in [6.07, 6.45) is -7.10. The lowest BCUT2D eigenvalue weighted by Crippen LogP contribution is -2.49. The molecule has 0 amide bonds. The maximum atomic E-state index is 10.4. The Bertz CT molecular complexity index is 493. The highest BCUT2D eigenvalue weighted by molar-refractivity contribution is 7.75. The molecule has 27 heavy (non-hydrogen) atoms. The Morgan fingerprint density at radius 3 is 2.00 bits per heavy atom. The average molecular weight is 466 g/mol. The molecule has 0 rings (SSSR count). The van der Waals surface area contributed by atoms with Gasteiger partial charge in [0, 0.05) is 12.9 Å². The summed E-state index contributed by atoms with van der Waals surface area (Å²) in [4.78, 5) is 0. The van der Waals surface area contributed by atoms with Gasteiger partial charge in [0.2, 0.25) is 5.76 Å². The fraction of sp³-hybridized carbons (Fsp3) is 0.667. The lowest BCUT2D eigenvalue weighted by molar-refractivity contribution is -0.0972. The first kappa shape index (κ1) is 27.1. The molecular weight excluding hydrogens is 443 g/mol. The van der Waals surface area contributed by atoms with E-state index in [1.165, 1.54) is 15.0 Å². The summed E-state index contributed by atoms with van der Waals surface area (Å²) in [5.41, 5.74) is 0. The summed E-state index contributed by atoms with van der Waals surface area (Å²) >= 11 is 14.3. The van der Waals surface area contributed by atoms with Gasteiger partial charge in [0.1, 0.15) is 18.3 Å². The summed E-state index contributed by atoms with van der Waals surface area (Å²) < 4.78 is 23.6. The van der Waals surface area contributed by atoms with Gasteiger partial charge in [-0.15, -0.1) is 0 Å². The van der Waals surface area contributed by atoms with Crippen LogP contribution in [0.1, 0.15) is 6.92 Å². The van der Waals surface area contributed by atoms with Crippen molar-refractivity contribution >= 4 is 59.7 Å². The zero-order valence-electron chi connectivity index (χ0n) is 14.3. The minimum atomic E-state index is -1.76. The van der Waals surface area contributed by atoms with Crippen LogP contribution in [-0.4, -0.2) is 76.8 Å². The third-order valence-corrected chi connectivity index (χ3v) is 4.50. The van der Waals surface area contributed by atoms with Gasteiger partial charge >= 0.3 is 0 Å². The predicted molar refractivity (Wildman–Crippen MR) is 110 cm³/mol. The molecule has 15 heteroatoms. The van der Waals surface area contributed by atoms with E-state index in [9.17, 15) is 20.4 Å². The number of thiol groups is 4. The Hall–Kier alpha value is 0.0649. The SMILES string of the molecule is BOC(/C=C(O)\C(OS)=C(\O)C(OS)C(O)C(OS)C(O)C(C)OS)CO. The van der Waals surface area contributed by atoms with Crippen molar-refractivity contribution in [3.05, 3.63) is 23.4 Å². The fourth-order valence-corrected chi connectivity index (χ4v) is 2.69. The molecule has 6 unspecified atom stereocenters. The van der Waals surface area contributed by atoms with Crippen LogP contribution in [0.5, 0.6) is 0 Å². The minimum Gasteiger partial charge on any atom is -0.506 e. The van der Waals surface area contributed by atoms with Crippen LogP contribution in [0.2, 0.25) is 0 Å². The maximum Gasteiger partial charge on any atom is 0.258 e. The van der Waals surface area contributed by atoms with Crippen molar-refractivity contribution in [2.24, 2.45) is 0 Å². The smallest absolute Gasteiger partial charge is 0.258 e. The topological polar surface area (TPSA) is 147 Å². The van der Waals surface area contributed by atoms with E-state index < -0.39 is 60.5 Å². The van der Waals surface area contributed by atoms with Crippen molar-refractivity contribution in [3.8, 4) is 0 Å². The summed E-state index contributed by atoms with van der Waals surface area (Å²) in [6, 6.07) is 0. The van der Waals surface area contributed by atoms with Crippen LogP contribution in [0.4, 0.5) is 0 Å². The molecule has 0 aromatic rings. The van der Waals surface area contributed by atoms with Gasteiger partial charge in [0.25, 0.3) is 8.05 Å². The molecule has 10 nitrogen and oxygen atoms in total. The number of hydrogen-bond donors (Lipinski definition) is 9.